The van der Waals surface area contributed by atoms with Crippen molar-refractivity contribution in [3.8, 4) is 0 Å². The Kier molecular flexibility index (Phi) is 20.0. The van der Waals surface area contributed by atoms with Gasteiger partial charge in [-0.05, 0) is 24.9 Å². The molecule has 1 rings (SSSR count). The molecular weight excluding hydrogens is 370 g/mol. The number of nitrogens with one attached hydrogen (secondary N) is 3. The van der Waals surface area contributed by atoms with E-state index >= 15 is 0 Å². The summed E-state index contributed by atoms with van der Waals surface area (Å²) in [6, 6.07) is 10.7. The van der Waals surface area contributed by atoms with E-state index in [2.05, 4.69) is 46.2 Å². The first kappa shape index (κ1) is 26.4. The molecule has 0 aromatic heterocycles. The second-order valence-electron chi connectivity index (χ2n) is 8.50. The number of unbranched alkanes of at least 4 members (excludes halogenated alkanes) is 15. The van der Waals surface area contributed by atoms with Crippen LogP contribution in [-0.4, -0.2) is 23.5 Å². The van der Waals surface area contributed by atoms with Crippen LogP contribution < -0.4 is 15.8 Å². The number of benzene rings is 1. The Bertz CT molecular complexity index is 427. The molecule has 0 atom stereocenters. The van der Waals surface area contributed by atoms with Crippen LogP contribution in [0.15, 0.2) is 30.3 Å². The maximum atomic E-state index is 3.55. The van der Waals surface area contributed by atoms with Gasteiger partial charge in [-0.1, -0.05) is 120 Å². The van der Waals surface area contributed by atoms with Crippen LogP contribution in [0.1, 0.15) is 108 Å². The quantitative estimate of drug-likeness (QED) is 0.134. The fourth-order valence-corrected chi connectivity index (χ4v) is 4.14. The highest BCUT2D eigenvalue weighted by atomic mass is 28.2. The summed E-state index contributed by atoms with van der Waals surface area (Å²) in [5.74, 6) is 0. The van der Waals surface area contributed by atoms with Crippen LogP contribution in [0, 0.1) is 0 Å². The summed E-state index contributed by atoms with van der Waals surface area (Å²) in [6.07, 6.45) is 22.8. The van der Waals surface area contributed by atoms with E-state index in [1.165, 1.54) is 108 Å². The topological polar surface area (TPSA) is 36.1 Å². The predicted molar refractivity (Wildman–Crippen MR) is 133 cm³/mol. The smallest absolute Gasteiger partial charge is 0.0942 e. The van der Waals surface area contributed by atoms with Gasteiger partial charge in [0.2, 0.25) is 0 Å². The molecule has 3 nitrogen and oxygen atoms in total. The highest BCUT2D eigenvalue weighted by molar-refractivity contribution is 6.03. The molecule has 0 radical (unpaired) electrons. The fourth-order valence-electron chi connectivity index (χ4n) is 3.89. The molecular formula is C25H49N3Si. The molecule has 1 aromatic rings. The van der Waals surface area contributed by atoms with Crippen molar-refractivity contribution in [3.05, 3.63) is 35.9 Å². The van der Waals surface area contributed by atoms with E-state index in [1.807, 2.05) is 0 Å². The first-order valence-electron chi connectivity index (χ1n) is 12.6. The third kappa shape index (κ3) is 19.0. The summed E-state index contributed by atoms with van der Waals surface area (Å²) in [5, 5.41) is 6.67. The minimum absolute atomic E-state index is 1.01. The maximum absolute atomic E-state index is 3.55. The minimum Gasteiger partial charge on any atom is -0.313 e. The predicted octanol–water partition coefficient (Wildman–Crippen LogP) is 5.39. The Balaban J connectivity index is 1.66. The highest BCUT2D eigenvalue weighted by Gasteiger charge is 1.95. The van der Waals surface area contributed by atoms with E-state index in [1.54, 1.807) is 0 Å². The molecule has 0 bridgehead atoms. The lowest BCUT2D eigenvalue weighted by atomic mass is 10.0. The van der Waals surface area contributed by atoms with Gasteiger partial charge >= 0.3 is 0 Å². The number of hydrazine groups is 1. The average Bonchev–Trinajstić information content (AvgIpc) is 2.75. The number of hydrogen-bond donors (Lipinski definition) is 3. The lowest BCUT2D eigenvalue weighted by Gasteiger charge is -2.05. The lowest BCUT2D eigenvalue weighted by Crippen LogP contribution is -2.29. The van der Waals surface area contributed by atoms with Gasteiger partial charge in [-0.25, -0.2) is 0 Å². The Morgan fingerprint density at radius 2 is 0.931 bits per heavy atom. The molecule has 168 valence electrons. The first-order chi connectivity index (χ1) is 14.4. The Labute approximate surface area is 184 Å². The van der Waals surface area contributed by atoms with Crippen LogP contribution >= 0.6 is 0 Å². The van der Waals surface area contributed by atoms with E-state index in [-0.39, 0.29) is 0 Å². The molecule has 0 unspecified atom stereocenters. The monoisotopic (exact) mass is 419 g/mol. The van der Waals surface area contributed by atoms with E-state index in [0.29, 0.717) is 0 Å². The molecule has 1 aromatic carbocycles. The van der Waals surface area contributed by atoms with Gasteiger partial charge < -0.3 is 5.32 Å². The summed E-state index contributed by atoms with van der Waals surface area (Å²) < 4.78 is 0. The van der Waals surface area contributed by atoms with Crippen molar-refractivity contribution < 1.29 is 0 Å². The van der Waals surface area contributed by atoms with Crippen LogP contribution in [0.5, 0.6) is 0 Å². The van der Waals surface area contributed by atoms with E-state index in [4.69, 9.17) is 0 Å². The van der Waals surface area contributed by atoms with E-state index in [9.17, 15) is 0 Å². The number of rotatable bonds is 22. The SMILES string of the molecule is [SiH3]NNCCCCCCCCCCCCCCCCCCNCc1ccccc1. The molecule has 0 aliphatic rings. The maximum Gasteiger partial charge on any atom is 0.0942 e. The third-order valence-corrected chi connectivity index (χ3v) is 6.11. The van der Waals surface area contributed by atoms with Crippen LogP contribution in [0.3, 0.4) is 0 Å². The van der Waals surface area contributed by atoms with Crippen LogP contribution in [0.4, 0.5) is 0 Å². The van der Waals surface area contributed by atoms with Crippen molar-refractivity contribution in [1.29, 1.82) is 0 Å². The van der Waals surface area contributed by atoms with Crippen molar-refractivity contribution >= 4 is 10.4 Å². The molecule has 0 fully saturated rings. The molecule has 0 saturated heterocycles. The second-order valence-corrected chi connectivity index (χ2v) is 9.00. The zero-order valence-corrected chi connectivity index (χ0v) is 21.3. The van der Waals surface area contributed by atoms with Gasteiger partial charge in [0, 0.05) is 13.1 Å². The van der Waals surface area contributed by atoms with Gasteiger partial charge in [-0.2, -0.15) is 0 Å². The molecule has 0 heterocycles. The molecule has 0 amide bonds. The molecule has 3 N–H and O–H groups in total. The third-order valence-electron chi connectivity index (χ3n) is 5.75. The van der Waals surface area contributed by atoms with Crippen molar-refractivity contribution in [1.82, 2.24) is 15.8 Å². The Hall–Kier alpha value is -0.683. The summed E-state index contributed by atoms with van der Waals surface area (Å²) >= 11 is 0. The van der Waals surface area contributed by atoms with Crippen molar-refractivity contribution in [2.75, 3.05) is 13.1 Å². The highest BCUT2D eigenvalue weighted by Crippen LogP contribution is 2.13. The summed E-state index contributed by atoms with van der Waals surface area (Å²) in [7, 11) is 1.04. The minimum atomic E-state index is 1.01. The second kappa shape index (κ2) is 22.0. The zero-order valence-electron chi connectivity index (χ0n) is 19.3. The standard InChI is InChI=1S/C25H49N3Si/c29-28-27-23-19-14-12-10-8-6-4-2-1-3-5-7-9-11-13-18-22-26-24-25-20-16-15-17-21-25/h15-17,20-21,26-28H,1-14,18-19,22-24H2,29H3. The zero-order chi connectivity index (χ0) is 20.7. The summed E-state index contributed by atoms with van der Waals surface area (Å²) in [5.41, 5.74) is 4.61. The van der Waals surface area contributed by atoms with Gasteiger partial charge in [0.25, 0.3) is 0 Å². The van der Waals surface area contributed by atoms with Gasteiger partial charge in [0.1, 0.15) is 0 Å². The van der Waals surface area contributed by atoms with Crippen molar-refractivity contribution in [3.63, 3.8) is 0 Å². The molecule has 0 spiro atoms. The van der Waals surface area contributed by atoms with Crippen LogP contribution in [-0.2, 0) is 6.54 Å². The summed E-state index contributed by atoms with van der Waals surface area (Å²) in [4.78, 5) is 0. The van der Waals surface area contributed by atoms with Gasteiger partial charge in [-0.15, -0.1) is 0 Å². The summed E-state index contributed by atoms with van der Waals surface area (Å²) in [6.45, 7) is 3.30. The Morgan fingerprint density at radius 1 is 0.517 bits per heavy atom. The molecule has 0 saturated carbocycles. The average molecular weight is 420 g/mol. The number of hydrogen-bond acceptors (Lipinski definition) is 3. The van der Waals surface area contributed by atoms with Crippen LogP contribution in [0.25, 0.3) is 0 Å². The largest absolute Gasteiger partial charge is 0.313 e. The van der Waals surface area contributed by atoms with Gasteiger partial charge in [-0.3, -0.25) is 10.5 Å². The van der Waals surface area contributed by atoms with E-state index < -0.39 is 0 Å². The van der Waals surface area contributed by atoms with Gasteiger partial charge in [0.15, 0.2) is 0 Å². The normalized spacial score (nSPS) is 11.3. The van der Waals surface area contributed by atoms with Crippen LogP contribution in [0.2, 0.25) is 0 Å². The van der Waals surface area contributed by atoms with Crippen molar-refractivity contribution in [2.45, 2.75) is 109 Å². The molecule has 0 aliphatic heterocycles. The van der Waals surface area contributed by atoms with Crippen molar-refractivity contribution in [2.24, 2.45) is 0 Å². The first-order valence-corrected chi connectivity index (χ1v) is 13.6. The molecule has 0 aliphatic carbocycles. The molecule has 4 heteroatoms. The fraction of sp³-hybridized carbons (Fsp3) is 0.760. The van der Waals surface area contributed by atoms with E-state index in [0.717, 1.165) is 30.0 Å². The Morgan fingerprint density at radius 3 is 1.38 bits per heavy atom. The van der Waals surface area contributed by atoms with Gasteiger partial charge in [0.05, 0.1) is 10.4 Å². The molecule has 29 heavy (non-hydrogen) atoms. The lowest BCUT2D eigenvalue weighted by molar-refractivity contribution is 0.520.